The smallest absolute Gasteiger partial charge is 0.181 e. The molecule has 1 aromatic carbocycles. The largest absolute Gasteiger partial charge is 0.330 e. The topological polar surface area (TPSA) is 60.2 Å². The van der Waals surface area contributed by atoms with E-state index in [0.29, 0.717) is 24.9 Å². The van der Waals surface area contributed by atoms with E-state index < -0.39 is 20.9 Å². The van der Waals surface area contributed by atoms with Gasteiger partial charge in [0.1, 0.15) is 5.82 Å². The Hall–Kier alpha value is -0.940. The minimum absolute atomic E-state index is 0.266. The van der Waals surface area contributed by atoms with Gasteiger partial charge in [0.05, 0.1) is 10.1 Å². The molecule has 2 rings (SSSR count). The van der Waals surface area contributed by atoms with E-state index in [-0.39, 0.29) is 4.90 Å². The van der Waals surface area contributed by atoms with Crippen molar-refractivity contribution in [2.45, 2.75) is 23.0 Å². The summed E-state index contributed by atoms with van der Waals surface area (Å²) in [5.41, 5.74) is 5.93. The van der Waals surface area contributed by atoms with Crippen molar-refractivity contribution in [2.75, 3.05) is 6.54 Å². The molecule has 0 saturated carbocycles. The Kier molecular flexibility index (Phi) is 2.52. The normalized spacial score (nSPS) is 22.7. The van der Waals surface area contributed by atoms with Crippen molar-refractivity contribution in [3.63, 3.8) is 0 Å². The van der Waals surface area contributed by atoms with Gasteiger partial charge in [0.2, 0.25) is 0 Å². The Morgan fingerprint density at radius 2 is 2.20 bits per heavy atom. The molecule has 0 spiro atoms. The van der Waals surface area contributed by atoms with Crippen molar-refractivity contribution >= 4 is 9.84 Å². The first kappa shape index (κ1) is 10.6. The summed E-state index contributed by atoms with van der Waals surface area (Å²) in [6, 6.07) is 3.82. The number of fused-ring (bicyclic) bond motifs is 1. The maximum Gasteiger partial charge on any atom is 0.181 e. The molecule has 5 heteroatoms. The molecule has 3 nitrogen and oxygen atoms in total. The van der Waals surface area contributed by atoms with E-state index in [4.69, 9.17) is 5.73 Å². The minimum atomic E-state index is -3.27. The minimum Gasteiger partial charge on any atom is -0.330 e. The van der Waals surface area contributed by atoms with Gasteiger partial charge in [-0.3, -0.25) is 0 Å². The van der Waals surface area contributed by atoms with Crippen LogP contribution in [0.4, 0.5) is 4.39 Å². The molecule has 0 fully saturated rings. The third-order valence-corrected chi connectivity index (χ3v) is 5.00. The highest BCUT2D eigenvalue weighted by Gasteiger charge is 2.36. The van der Waals surface area contributed by atoms with Gasteiger partial charge in [-0.1, -0.05) is 0 Å². The molecule has 0 aromatic heterocycles. The SMILES string of the molecule is NCCC1Cc2cc(F)ccc2S1(=O)=O. The highest BCUT2D eigenvalue weighted by Crippen LogP contribution is 2.32. The van der Waals surface area contributed by atoms with Gasteiger partial charge < -0.3 is 5.73 Å². The Morgan fingerprint density at radius 3 is 2.87 bits per heavy atom. The summed E-state index contributed by atoms with van der Waals surface area (Å²) in [4.78, 5) is 0.266. The average Bonchev–Trinajstić information content (AvgIpc) is 2.39. The first-order chi connectivity index (χ1) is 7.05. The predicted molar refractivity (Wildman–Crippen MR) is 54.7 cm³/mol. The van der Waals surface area contributed by atoms with Crippen LogP contribution in [-0.2, 0) is 16.3 Å². The van der Waals surface area contributed by atoms with E-state index >= 15 is 0 Å². The van der Waals surface area contributed by atoms with Gasteiger partial charge >= 0.3 is 0 Å². The molecule has 15 heavy (non-hydrogen) atoms. The number of nitrogens with two attached hydrogens (primary N) is 1. The standard InChI is InChI=1S/C10H12FNO2S/c11-8-1-2-10-7(5-8)6-9(3-4-12)15(10,13)14/h1-2,5,9H,3-4,6,12H2. The van der Waals surface area contributed by atoms with Crippen LogP contribution in [0.15, 0.2) is 23.1 Å². The summed E-state index contributed by atoms with van der Waals surface area (Å²) in [6.07, 6.45) is 0.811. The maximum atomic E-state index is 12.9. The Balaban J connectivity index is 2.48. The molecule has 0 bridgehead atoms. The molecule has 1 aromatic rings. The monoisotopic (exact) mass is 229 g/mol. The molecular formula is C10H12FNO2S. The fourth-order valence-electron chi connectivity index (χ4n) is 1.96. The molecular weight excluding hydrogens is 217 g/mol. The summed E-state index contributed by atoms with van der Waals surface area (Å²) in [6.45, 7) is 0.334. The lowest BCUT2D eigenvalue weighted by atomic mass is 10.1. The molecule has 1 aliphatic rings. The zero-order chi connectivity index (χ0) is 11.1. The summed E-state index contributed by atoms with van der Waals surface area (Å²) >= 11 is 0. The van der Waals surface area contributed by atoms with Crippen LogP contribution >= 0.6 is 0 Å². The highest BCUT2D eigenvalue weighted by atomic mass is 32.2. The third kappa shape index (κ3) is 1.66. The van der Waals surface area contributed by atoms with Crippen molar-refractivity contribution in [1.29, 1.82) is 0 Å². The van der Waals surface area contributed by atoms with Crippen LogP contribution in [-0.4, -0.2) is 20.2 Å². The fourth-order valence-corrected chi connectivity index (χ4v) is 3.93. The number of hydrogen-bond donors (Lipinski definition) is 1. The van der Waals surface area contributed by atoms with E-state index in [0.717, 1.165) is 0 Å². The zero-order valence-electron chi connectivity index (χ0n) is 8.11. The van der Waals surface area contributed by atoms with Crippen molar-refractivity contribution < 1.29 is 12.8 Å². The van der Waals surface area contributed by atoms with Crippen molar-refractivity contribution in [2.24, 2.45) is 5.73 Å². The lowest BCUT2D eigenvalue weighted by Gasteiger charge is -2.06. The molecule has 1 aliphatic heterocycles. The second-order valence-electron chi connectivity index (χ2n) is 3.70. The van der Waals surface area contributed by atoms with Gasteiger partial charge in [0.25, 0.3) is 0 Å². The van der Waals surface area contributed by atoms with Crippen LogP contribution in [0, 0.1) is 5.82 Å². The predicted octanol–water partition coefficient (Wildman–Crippen LogP) is 0.873. The number of sulfone groups is 1. The molecule has 82 valence electrons. The third-order valence-electron chi connectivity index (χ3n) is 2.70. The van der Waals surface area contributed by atoms with Gasteiger partial charge in [-0.15, -0.1) is 0 Å². The summed E-state index contributed by atoms with van der Waals surface area (Å²) < 4.78 is 36.7. The second kappa shape index (κ2) is 3.57. The number of rotatable bonds is 2. The summed E-state index contributed by atoms with van der Waals surface area (Å²) in [7, 11) is -3.27. The Bertz CT molecular complexity index is 484. The van der Waals surface area contributed by atoms with Gasteiger partial charge in [-0.05, 0) is 43.1 Å². The van der Waals surface area contributed by atoms with Crippen LogP contribution < -0.4 is 5.73 Å². The highest BCUT2D eigenvalue weighted by molar-refractivity contribution is 7.92. The van der Waals surface area contributed by atoms with Crippen LogP contribution in [0.2, 0.25) is 0 Å². The second-order valence-corrected chi connectivity index (χ2v) is 5.90. The van der Waals surface area contributed by atoms with Gasteiger partial charge in [-0.2, -0.15) is 0 Å². The van der Waals surface area contributed by atoms with Crippen molar-refractivity contribution in [3.05, 3.63) is 29.6 Å². The van der Waals surface area contributed by atoms with E-state index in [9.17, 15) is 12.8 Å². The molecule has 0 radical (unpaired) electrons. The maximum absolute atomic E-state index is 12.9. The van der Waals surface area contributed by atoms with E-state index in [1.165, 1.54) is 18.2 Å². The first-order valence-electron chi connectivity index (χ1n) is 4.78. The number of benzene rings is 1. The van der Waals surface area contributed by atoms with Crippen molar-refractivity contribution in [3.8, 4) is 0 Å². The van der Waals surface area contributed by atoms with E-state index in [1.807, 2.05) is 0 Å². The van der Waals surface area contributed by atoms with Crippen LogP contribution in [0.3, 0.4) is 0 Å². The quantitative estimate of drug-likeness (QED) is 0.766. The average molecular weight is 229 g/mol. The van der Waals surface area contributed by atoms with E-state index in [2.05, 4.69) is 0 Å². The number of hydrogen-bond acceptors (Lipinski definition) is 3. The lowest BCUT2D eigenvalue weighted by molar-refractivity contribution is 0.580. The van der Waals surface area contributed by atoms with Crippen LogP contribution in [0.5, 0.6) is 0 Å². The molecule has 1 heterocycles. The molecule has 0 saturated heterocycles. The molecule has 1 unspecified atom stereocenters. The zero-order valence-corrected chi connectivity index (χ0v) is 8.93. The Morgan fingerprint density at radius 1 is 1.47 bits per heavy atom. The summed E-state index contributed by atoms with van der Waals surface area (Å²) in [5, 5.41) is -0.473. The van der Waals surface area contributed by atoms with Crippen LogP contribution in [0.1, 0.15) is 12.0 Å². The molecule has 0 aliphatic carbocycles. The molecule has 2 N–H and O–H groups in total. The fraction of sp³-hybridized carbons (Fsp3) is 0.400. The number of halogens is 1. The first-order valence-corrected chi connectivity index (χ1v) is 6.32. The van der Waals surface area contributed by atoms with Gasteiger partial charge in [0, 0.05) is 0 Å². The molecule has 0 amide bonds. The van der Waals surface area contributed by atoms with Crippen molar-refractivity contribution in [1.82, 2.24) is 0 Å². The summed E-state index contributed by atoms with van der Waals surface area (Å²) in [5.74, 6) is -0.391. The van der Waals surface area contributed by atoms with Gasteiger partial charge in [0.15, 0.2) is 9.84 Å². The molecule has 1 atom stereocenters. The lowest BCUT2D eigenvalue weighted by Crippen LogP contribution is -2.20. The van der Waals surface area contributed by atoms with E-state index in [1.54, 1.807) is 0 Å². The Labute approximate surface area is 88.0 Å². The van der Waals surface area contributed by atoms with Gasteiger partial charge in [-0.25, -0.2) is 12.8 Å². The van der Waals surface area contributed by atoms with Crippen LogP contribution in [0.25, 0.3) is 0 Å².